The summed E-state index contributed by atoms with van der Waals surface area (Å²) in [6, 6.07) is 15.9. The number of aromatic nitrogens is 2. The van der Waals surface area contributed by atoms with Gasteiger partial charge in [0.2, 0.25) is 0 Å². The van der Waals surface area contributed by atoms with Crippen molar-refractivity contribution in [3.05, 3.63) is 104 Å². The quantitative estimate of drug-likeness (QED) is 0.282. The fourth-order valence-electron chi connectivity index (χ4n) is 4.63. The van der Waals surface area contributed by atoms with E-state index in [2.05, 4.69) is 37.2 Å². The number of fused-ring (bicyclic) bond motifs is 3. The number of halogens is 3. The monoisotopic (exact) mass is 577 g/mol. The van der Waals surface area contributed by atoms with Gasteiger partial charge in [-0.05, 0) is 69.0 Å². The van der Waals surface area contributed by atoms with Crippen LogP contribution in [0.15, 0.2) is 65.4 Å². The lowest BCUT2D eigenvalue weighted by molar-refractivity contribution is 0.240. The van der Waals surface area contributed by atoms with E-state index in [4.69, 9.17) is 11.6 Å². The van der Waals surface area contributed by atoms with Crippen molar-refractivity contribution in [3.63, 3.8) is 0 Å². The van der Waals surface area contributed by atoms with Crippen LogP contribution in [0.1, 0.15) is 27.9 Å². The van der Waals surface area contributed by atoms with Gasteiger partial charge in [0.15, 0.2) is 0 Å². The Balaban J connectivity index is 1.39. The number of nitrogens with one attached hydrogen (secondary N) is 1. The van der Waals surface area contributed by atoms with Crippen LogP contribution in [0.3, 0.4) is 0 Å². The lowest BCUT2D eigenvalue weighted by atomic mass is 10.0. The molecule has 4 aromatic rings. The number of benzene rings is 2. The molecule has 2 aromatic carbocycles. The van der Waals surface area contributed by atoms with E-state index in [-0.39, 0.29) is 11.1 Å². The van der Waals surface area contributed by atoms with E-state index in [1.54, 1.807) is 35.0 Å². The van der Waals surface area contributed by atoms with Crippen molar-refractivity contribution in [2.45, 2.75) is 19.5 Å². The van der Waals surface area contributed by atoms with E-state index in [0.717, 1.165) is 39.8 Å². The number of nitriles is 1. The van der Waals surface area contributed by atoms with Crippen molar-refractivity contribution in [1.82, 2.24) is 19.8 Å². The molecule has 1 amide bonds. The number of amides is 1. The summed E-state index contributed by atoms with van der Waals surface area (Å²) in [6.07, 6.45) is 6.25. The maximum Gasteiger partial charge on any atom is 0.326 e. The number of hydrogen-bond acceptors (Lipinski definition) is 4. The molecule has 186 valence electrons. The maximum absolute atomic E-state index is 13.7. The lowest BCUT2D eigenvalue weighted by Gasteiger charge is -2.27. The Bertz CT molecular complexity index is 1580. The third kappa shape index (κ3) is 5.44. The molecule has 0 atom stereocenters. The van der Waals surface area contributed by atoms with Crippen LogP contribution in [-0.2, 0) is 19.5 Å². The van der Waals surface area contributed by atoms with Gasteiger partial charge >= 0.3 is 6.03 Å². The molecular weight excluding hydrogens is 557 g/mol. The molecule has 0 aliphatic carbocycles. The van der Waals surface area contributed by atoms with Gasteiger partial charge < -0.3 is 5.32 Å². The van der Waals surface area contributed by atoms with Crippen LogP contribution < -0.4 is 5.32 Å². The molecule has 1 N–H and O–H groups in total. The Morgan fingerprint density at radius 3 is 2.89 bits per heavy atom. The molecule has 5 rings (SSSR count). The number of pyridine rings is 1. The van der Waals surface area contributed by atoms with Gasteiger partial charge in [0, 0.05) is 49.9 Å². The summed E-state index contributed by atoms with van der Waals surface area (Å²) in [6.45, 7) is 2.46. The van der Waals surface area contributed by atoms with Crippen molar-refractivity contribution in [1.29, 1.82) is 5.26 Å². The van der Waals surface area contributed by atoms with E-state index in [0.29, 0.717) is 36.2 Å². The minimum atomic E-state index is -0.439. The summed E-state index contributed by atoms with van der Waals surface area (Å²) in [5.74, 6) is -0.439. The largest absolute Gasteiger partial charge is 0.333 e. The first-order chi connectivity index (χ1) is 17.9. The minimum absolute atomic E-state index is 0.106. The Labute approximate surface area is 227 Å². The Kier molecular flexibility index (Phi) is 7.38. The molecule has 0 spiro atoms. The van der Waals surface area contributed by atoms with Crippen LogP contribution in [0.5, 0.6) is 0 Å². The van der Waals surface area contributed by atoms with Crippen LogP contribution in [0, 0.1) is 17.1 Å². The van der Waals surface area contributed by atoms with Crippen molar-refractivity contribution >= 4 is 50.5 Å². The van der Waals surface area contributed by atoms with Crippen LogP contribution in [0.4, 0.5) is 9.18 Å². The molecule has 1 aliphatic heterocycles. The molecule has 0 bridgehead atoms. The first-order valence-corrected chi connectivity index (χ1v) is 12.9. The normalized spacial score (nSPS) is 13.6. The van der Waals surface area contributed by atoms with E-state index >= 15 is 0 Å². The van der Waals surface area contributed by atoms with Crippen molar-refractivity contribution < 1.29 is 9.18 Å². The van der Waals surface area contributed by atoms with Gasteiger partial charge in [0.25, 0.3) is 0 Å². The summed E-state index contributed by atoms with van der Waals surface area (Å²) >= 11 is 9.13. The highest BCUT2D eigenvalue weighted by atomic mass is 79.9. The molecule has 2 aromatic heterocycles. The first kappa shape index (κ1) is 25.2. The molecule has 0 radical (unpaired) electrons. The number of nitrogens with zero attached hydrogens (tertiary/aromatic N) is 4. The average molecular weight is 579 g/mol. The highest BCUT2D eigenvalue weighted by Crippen LogP contribution is 2.31. The molecular formula is C28H22BrClFN5O. The number of rotatable bonds is 5. The van der Waals surface area contributed by atoms with E-state index in [1.165, 1.54) is 6.07 Å². The predicted molar refractivity (Wildman–Crippen MR) is 146 cm³/mol. The van der Waals surface area contributed by atoms with Gasteiger partial charge in [0.05, 0.1) is 22.2 Å². The highest BCUT2D eigenvalue weighted by molar-refractivity contribution is 9.10. The SMILES string of the molecule is N#Cc1ccc2c3c(n(C(=O)NCc4ccnc(Br)c4)c2c1)CCN(C/C=C/c1ccc(Cl)c(F)c1)C3. The lowest BCUT2D eigenvalue weighted by Crippen LogP contribution is -2.34. The molecule has 1 aliphatic rings. The minimum Gasteiger partial charge on any atom is -0.333 e. The smallest absolute Gasteiger partial charge is 0.326 e. The molecule has 6 nitrogen and oxygen atoms in total. The van der Waals surface area contributed by atoms with E-state index in [1.807, 2.05) is 30.4 Å². The second-order valence-corrected chi connectivity index (χ2v) is 10.0. The fourth-order valence-corrected chi connectivity index (χ4v) is 5.16. The number of hydrogen-bond donors (Lipinski definition) is 1. The van der Waals surface area contributed by atoms with E-state index < -0.39 is 5.82 Å². The maximum atomic E-state index is 13.7. The van der Waals surface area contributed by atoms with E-state index in [9.17, 15) is 14.4 Å². The molecule has 0 saturated heterocycles. The fraction of sp³-hybridized carbons (Fsp3) is 0.179. The van der Waals surface area contributed by atoms with Gasteiger partial charge in [-0.15, -0.1) is 0 Å². The van der Waals surface area contributed by atoms with Crippen molar-refractivity contribution in [3.8, 4) is 6.07 Å². The zero-order valence-electron chi connectivity index (χ0n) is 19.7. The second kappa shape index (κ2) is 10.9. The van der Waals surface area contributed by atoms with Gasteiger partial charge in [-0.3, -0.25) is 9.47 Å². The average Bonchev–Trinajstić information content (AvgIpc) is 3.22. The Morgan fingerprint density at radius 1 is 1.24 bits per heavy atom. The summed E-state index contributed by atoms with van der Waals surface area (Å²) in [4.78, 5) is 19.8. The van der Waals surface area contributed by atoms with Crippen LogP contribution in [0.2, 0.25) is 5.02 Å². The molecule has 0 saturated carbocycles. The number of carbonyl (C=O) groups excluding carboxylic acids is 1. The third-order valence-electron chi connectivity index (χ3n) is 6.41. The predicted octanol–water partition coefficient (Wildman–Crippen LogP) is 6.29. The van der Waals surface area contributed by atoms with Gasteiger partial charge in [-0.2, -0.15) is 5.26 Å². The third-order valence-corrected chi connectivity index (χ3v) is 7.15. The summed E-state index contributed by atoms with van der Waals surface area (Å²) in [7, 11) is 0. The van der Waals surface area contributed by atoms with Crippen LogP contribution in [0.25, 0.3) is 17.0 Å². The molecule has 0 fully saturated rings. The Morgan fingerprint density at radius 2 is 2.11 bits per heavy atom. The molecule has 9 heteroatoms. The number of carbonyl (C=O) groups is 1. The van der Waals surface area contributed by atoms with Gasteiger partial charge in [-0.1, -0.05) is 35.9 Å². The van der Waals surface area contributed by atoms with Crippen molar-refractivity contribution in [2.75, 3.05) is 13.1 Å². The summed E-state index contributed by atoms with van der Waals surface area (Å²) in [5.41, 5.74) is 4.95. The van der Waals surface area contributed by atoms with Gasteiger partial charge in [0.1, 0.15) is 10.4 Å². The summed E-state index contributed by atoms with van der Waals surface area (Å²) in [5, 5.41) is 13.5. The standard InChI is InChI=1S/C28H22BrClFN5O/c29-27-14-20(7-9-33-27)16-34-28(37)36-25-8-11-35(10-1-2-18-4-6-23(30)24(31)12-18)17-22(25)21-5-3-19(15-32)13-26(21)36/h1-7,9,12-14H,8,10-11,16-17H2,(H,34,37)/b2-1+. The van der Waals surface area contributed by atoms with Gasteiger partial charge in [-0.25, -0.2) is 14.2 Å². The van der Waals surface area contributed by atoms with Crippen LogP contribution >= 0.6 is 27.5 Å². The first-order valence-electron chi connectivity index (χ1n) is 11.7. The zero-order chi connectivity index (χ0) is 25.9. The molecule has 0 unspecified atom stereocenters. The summed E-state index contributed by atoms with van der Waals surface area (Å²) < 4.78 is 16.1. The molecule has 3 heterocycles. The molecule has 37 heavy (non-hydrogen) atoms. The highest BCUT2D eigenvalue weighted by Gasteiger charge is 2.26. The van der Waals surface area contributed by atoms with Crippen LogP contribution in [-0.4, -0.2) is 33.6 Å². The van der Waals surface area contributed by atoms with Crippen molar-refractivity contribution in [2.24, 2.45) is 0 Å². The second-order valence-electron chi connectivity index (χ2n) is 8.81. The topological polar surface area (TPSA) is 74.0 Å². The Hall–Kier alpha value is -3.51. The zero-order valence-corrected chi connectivity index (χ0v) is 22.1.